The molecular weight excluding hydrogens is 328 g/mol. The summed E-state index contributed by atoms with van der Waals surface area (Å²) in [5.74, 6) is 0.392. The molecule has 0 amide bonds. The van der Waals surface area contributed by atoms with Gasteiger partial charge in [0.2, 0.25) is 0 Å². The maximum atomic E-state index is 12.4. The summed E-state index contributed by atoms with van der Waals surface area (Å²) < 4.78 is 5.48. The third-order valence-corrected chi connectivity index (χ3v) is 5.39. The van der Waals surface area contributed by atoms with Gasteiger partial charge in [0.1, 0.15) is 11.4 Å². The number of esters is 1. The number of piperidine rings is 1. The second-order valence-electron chi connectivity index (χ2n) is 9.13. The van der Waals surface area contributed by atoms with Gasteiger partial charge in [0.15, 0.2) is 0 Å². The smallest absolute Gasteiger partial charge is 0.306 e. The van der Waals surface area contributed by atoms with Gasteiger partial charge < -0.3 is 9.64 Å². The molecule has 1 saturated heterocycles. The fourth-order valence-electron chi connectivity index (χ4n) is 4.07. The van der Waals surface area contributed by atoms with E-state index >= 15 is 0 Å². The molecule has 0 aromatic carbocycles. The van der Waals surface area contributed by atoms with Gasteiger partial charge in [0, 0.05) is 37.0 Å². The lowest BCUT2D eigenvalue weighted by Crippen LogP contribution is -2.37. The normalized spacial score (nSPS) is 22.3. The summed E-state index contributed by atoms with van der Waals surface area (Å²) in [6.45, 7) is 11.4. The molecule has 26 heavy (non-hydrogen) atoms. The van der Waals surface area contributed by atoms with E-state index in [9.17, 15) is 9.59 Å². The molecule has 1 atom stereocenters. The molecule has 1 fully saturated rings. The fourth-order valence-corrected chi connectivity index (χ4v) is 4.07. The minimum absolute atomic E-state index is 0.124. The third-order valence-electron chi connectivity index (χ3n) is 5.39. The average Bonchev–Trinajstić information content (AvgIpc) is 2.75. The van der Waals surface area contributed by atoms with E-state index in [0.29, 0.717) is 12.8 Å². The zero-order chi connectivity index (χ0) is 19.1. The van der Waals surface area contributed by atoms with Gasteiger partial charge >= 0.3 is 5.97 Å². The van der Waals surface area contributed by atoms with Gasteiger partial charge in [-0.2, -0.15) is 0 Å². The molecule has 0 radical (unpaired) electrons. The molecule has 0 bridgehead atoms. The quantitative estimate of drug-likeness (QED) is 0.775. The van der Waals surface area contributed by atoms with Gasteiger partial charge in [-0.25, -0.2) is 0 Å². The number of carbonyl (C=O) groups is 2. The summed E-state index contributed by atoms with van der Waals surface area (Å²) in [4.78, 5) is 31.4. The number of rotatable bonds is 3. The first-order valence-electron chi connectivity index (χ1n) is 9.56. The van der Waals surface area contributed by atoms with E-state index in [2.05, 4.69) is 9.88 Å². The molecule has 0 saturated carbocycles. The van der Waals surface area contributed by atoms with E-state index in [0.717, 1.165) is 42.9 Å². The molecule has 0 spiro atoms. The van der Waals surface area contributed by atoms with Crippen LogP contribution in [0, 0.1) is 5.92 Å². The fraction of sp³-hybridized carbons (Fsp3) is 0.667. The zero-order valence-electron chi connectivity index (χ0n) is 16.6. The SMILES string of the molecule is CC(C)(C)OC(=O)C[C@@H]1CCCN(c2ccnc3c2CC(=O)C3(C)C)C1. The van der Waals surface area contributed by atoms with Crippen LogP contribution in [-0.4, -0.2) is 35.4 Å². The van der Waals surface area contributed by atoms with Crippen molar-refractivity contribution in [1.29, 1.82) is 0 Å². The standard InChI is InChI=1S/C21H30N2O3/c1-20(2,3)26-18(25)11-14-7-6-10-23(13-14)16-8-9-22-19-15(16)12-17(24)21(19,4)5/h8-9,14H,6-7,10-13H2,1-5H3/t14-/m0/s1. The Kier molecular flexibility index (Phi) is 4.84. The molecule has 0 unspecified atom stereocenters. The second kappa shape index (κ2) is 6.67. The number of pyridine rings is 1. The van der Waals surface area contributed by atoms with E-state index in [1.54, 1.807) is 0 Å². The van der Waals surface area contributed by atoms with Crippen LogP contribution in [0.5, 0.6) is 0 Å². The van der Waals surface area contributed by atoms with Gasteiger partial charge in [-0.15, -0.1) is 0 Å². The lowest BCUT2D eigenvalue weighted by atomic mass is 9.89. The molecule has 3 rings (SSSR count). The third kappa shape index (κ3) is 3.76. The van der Waals surface area contributed by atoms with Crippen LogP contribution in [0.1, 0.15) is 65.1 Å². The summed E-state index contributed by atoms with van der Waals surface area (Å²) >= 11 is 0. The lowest BCUT2D eigenvalue weighted by Gasteiger charge is -2.35. The topological polar surface area (TPSA) is 59.5 Å². The largest absolute Gasteiger partial charge is 0.460 e. The lowest BCUT2D eigenvalue weighted by molar-refractivity contribution is -0.156. The number of Topliss-reactive ketones (excluding diaryl/α,β-unsaturated/α-hetero) is 1. The predicted molar refractivity (Wildman–Crippen MR) is 101 cm³/mol. The summed E-state index contributed by atoms with van der Waals surface area (Å²) in [5, 5.41) is 0. The molecular formula is C21H30N2O3. The highest BCUT2D eigenvalue weighted by atomic mass is 16.6. The van der Waals surface area contributed by atoms with Crippen LogP contribution in [0.2, 0.25) is 0 Å². The van der Waals surface area contributed by atoms with E-state index in [4.69, 9.17) is 4.74 Å². The average molecular weight is 358 g/mol. The Morgan fingerprint density at radius 1 is 1.38 bits per heavy atom. The minimum Gasteiger partial charge on any atom is -0.460 e. The van der Waals surface area contributed by atoms with Gasteiger partial charge in [0.25, 0.3) is 0 Å². The molecule has 0 N–H and O–H groups in total. The van der Waals surface area contributed by atoms with Crippen molar-refractivity contribution in [3.05, 3.63) is 23.5 Å². The van der Waals surface area contributed by atoms with Crippen molar-refractivity contribution in [1.82, 2.24) is 4.98 Å². The van der Waals surface area contributed by atoms with E-state index in [1.165, 1.54) is 0 Å². The number of nitrogens with zero attached hydrogens (tertiary/aromatic N) is 2. The monoisotopic (exact) mass is 358 g/mol. The van der Waals surface area contributed by atoms with Crippen LogP contribution in [0.15, 0.2) is 12.3 Å². The Labute approximate surface area is 156 Å². The van der Waals surface area contributed by atoms with Crippen molar-refractivity contribution in [2.24, 2.45) is 5.92 Å². The summed E-state index contributed by atoms with van der Waals surface area (Å²) in [7, 11) is 0. The Bertz CT molecular complexity index is 718. The van der Waals surface area contributed by atoms with Crippen molar-refractivity contribution in [2.45, 2.75) is 71.3 Å². The Morgan fingerprint density at radius 2 is 2.12 bits per heavy atom. The van der Waals surface area contributed by atoms with Crippen LogP contribution in [0.3, 0.4) is 0 Å². The molecule has 1 aliphatic heterocycles. The molecule has 142 valence electrons. The molecule has 1 aromatic rings. The maximum Gasteiger partial charge on any atom is 0.306 e. The number of aromatic nitrogens is 1. The molecule has 5 nitrogen and oxygen atoms in total. The molecule has 1 aromatic heterocycles. The number of fused-ring (bicyclic) bond motifs is 1. The number of carbonyl (C=O) groups excluding carboxylic acids is 2. The molecule has 2 heterocycles. The first-order valence-corrected chi connectivity index (χ1v) is 9.56. The van der Waals surface area contributed by atoms with Crippen molar-refractivity contribution < 1.29 is 14.3 Å². The van der Waals surface area contributed by atoms with Gasteiger partial charge in [0.05, 0.1) is 17.5 Å². The van der Waals surface area contributed by atoms with Crippen molar-refractivity contribution in [3.63, 3.8) is 0 Å². The highest BCUT2D eigenvalue weighted by molar-refractivity contribution is 5.97. The maximum absolute atomic E-state index is 12.4. The Morgan fingerprint density at radius 3 is 2.81 bits per heavy atom. The zero-order valence-corrected chi connectivity index (χ0v) is 16.6. The molecule has 1 aliphatic carbocycles. The number of anilines is 1. The van der Waals surface area contributed by atoms with E-state index < -0.39 is 11.0 Å². The molecule has 2 aliphatic rings. The summed E-state index contributed by atoms with van der Waals surface area (Å²) in [5.41, 5.74) is 2.15. The van der Waals surface area contributed by atoms with E-state index in [1.807, 2.05) is 46.9 Å². The van der Waals surface area contributed by atoms with Crippen LogP contribution in [0.4, 0.5) is 5.69 Å². The Hall–Kier alpha value is -1.91. The summed E-state index contributed by atoms with van der Waals surface area (Å²) in [6.07, 6.45) is 4.80. The second-order valence-corrected chi connectivity index (χ2v) is 9.13. The van der Waals surface area contributed by atoms with Gasteiger partial charge in [-0.3, -0.25) is 14.6 Å². The highest BCUT2D eigenvalue weighted by Gasteiger charge is 2.41. The number of hydrogen-bond donors (Lipinski definition) is 0. The van der Waals surface area contributed by atoms with Gasteiger partial charge in [-0.1, -0.05) is 0 Å². The van der Waals surface area contributed by atoms with Crippen LogP contribution >= 0.6 is 0 Å². The summed E-state index contributed by atoms with van der Waals surface area (Å²) in [6, 6.07) is 2.02. The van der Waals surface area contributed by atoms with E-state index in [-0.39, 0.29) is 17.7 Å². The Balaban J connectivity index is 1.75. The molecule has 5 heteroatoms. The number of ether oxygens (including phenoxy) is 1. The van der Waals surface area contributed by atoms with Crippen LogP contribution < -0.4 is 4.90 Å². The van der Waals surface area contributed by atoms with Crippen LogP contribution in [0.25, 0.3) is 0 Å². The highest BCUT2D eigenvalue weighted by Crippen LogP contribution is 2.40. The van der Waals surface area contributed by atoms with Crippen molar-refractivity contribution >= 4 is 17.4 Å². The van der Waals surface area contributed by atoms with Crippen molar-refractivity contribution in [2.75, 3.05) is 18.0 Å². The first kappa shape index (κ1) is 18.9. The van der Waals surface area contributed by atoms with Crippen molar-refractivity contribution in [3.8, 4) is 0 Å². The van der Waals surface area contributed by atoms with Crippen LogP contribution in [-0.2, 0) is 26.2 Å². The number of ketones is 1. The van der Waals surface area contributed by atoms with Gasteiger partial charge in [-0.05, 0) is 59.4 Å². The minimum atomic E-state index is -0.503. The predicted octanol–water partition coefficient (Wildman–Crippen LogP) is 3.43. The number of hydrogen-bond acceptors (Lipinski definition) is 5. The first-order chi connectivity index (χ1) is 12.1.